The number of methoxy groups -OCH3 is 1. The summed E-state index contributed by atoms with van der Waals surface area (Å²) in [5.74, 6) is 1.31. The Kier molecular flexibility index (Phi) is 8.70. The van der Waals surface area contributed by atoms with Crippen LogP contribution in [0.4, 0.5) is 0 Å². The van der Waals surface area contributed by atoms with Gasteiger partial charge in [-0.05, 0) is 17.9 Å². The van der Waals surface area contributed by atoms with E-state index >= 15 is 0 Å². The van der Waals surface area contributed by atoms with E-state index in [9.17, 15) is 25.5 Å². The molecule has 1 aromatic rings. The molecule has 0 aliphatic carbocycles. The van der Waals surface area contributed by atoms with E-state index in [1.165, 1.54) is 11.8 Å². The molecule has 0 amide bonds. The van der Waals surface area contributed by atoms with Crippen molar-refractivity contribution in [3.05, 3.63) is 29.8 Å². The highest BCUT2D eigenvalue weighted by atomic mass is 32.2. The van der Waals surface area contributed by atoms with E-state index < -0.39 is 73.5 Å². The van der Waals surface area contributed by atoms with Crippen LogP contribution in [0.1, 0.15) is 18.8 Å². The number of benzene rings is 1. The van der Waals surface area contributed by atoms with Crippen LogP contribution < -0.4 is 4.74 Å². The van der Waals surface area contributed by atoms with Gasteiger partial charge in [0.2, 0.25) is 0 Å². The van der Waals surface area contributed by atoms with Crippen LogP contribution in [0.3, 0.4) is 0 Å². The summed E-state index contributed by atoms with van der Waals surface area (Å²) in [7, 11) is 1.56. The Labute approximate surface area is 201 Å². The van der Waals surface area contributed by atoms with Gasteiger partial charge in [-0.1, -0.05) is 19.1 Å². The average molecular weight is 505 g/mol. The molecule has 5 N–H and O–H groups in total. The number of rotatable bonds is 7. The normalized spacial score (nSPS) is 42.7. The highest BCUT2D eigenvalue weighted by Crippen LogP contribution is 2.37. The Morgan fingerprint density at radius 3 is 2.35 bits per heavy atom. The van der Waals surface area contributed by atoms with Crippen molar-refractivity contribution in [3.63, 3.8) is 0 Å². The SMILES string of the molecule is CCS[C@@H]1OC(CO)[C@@H](O[C@H]2OC3COC(c4ccc(OC)cc4)O[C@H]3[C@@H](O)C2O)[C@@H](O)C1O. The zero-order valence-electron chi connectivity index (χ0n) is 18.9. The number of aliphatic hydroxyl groups excluding tert-OH is 5. The third-order valence-electron chi connectivity index (χ3n) is 6.16. The van der Waals surface area contributed by atoms with Crippen LogP contribution in [0.25, 0.3) is 0 Å². The largest absolute Gasteiger partial charge is 0.497 e. The zero-order chi connectivity index (χ0) is 24.4. The fraction of sp³-hybridized carbons (Fsp3) is 0.727. The summed E-state index contributed by atoms with van der Waals surface area (Å²) in [5.41, 5.74) is -0.0275. The van der Waals surface area contributed by atoms with E-state index in [1.54, 1.807) is 31.4 Å². The molecule has 34 heavy (non-hydrogen) atoms. The molecule has 0 aromatic heterocycles. The van der Waals surface area contributed by atoms with E-state index in [0.29, 0.717) is 17.1 Å². The summed E-state index contributed by atoms with van der Waals surface area (Å²) >= 11 is 1.29. The minimum atomic E-state index is -1.53. The maximum Gasteiger partial charge on any atom is 0.187 e. The first-order valence-electron chi connectivity index (χ1n) is 11.2. The summed E-state index contributed by atoms with van der Waals surface area (Å²) in [6.45, 7) is 1.44. The lowest BCUT2D eigenvalue weighted by atomic mass is 9.96. The Morgan fingerprint density at radius 1 is 0.971 bits per heavy atom. The fourth-order valence-corrected chi connectivity index (χ4v) is 5.21. The molecular formula is C22H32O11S. The van der Waals surface area contributed by atoms with Crippen molar-refractivity contribution in [2.75, 3.05) is 26.1 Å². The topological polar surface area (TPSA) is 157 Å². The van der Waals surface area contributed by atoms with E-state index in [4.69, 9.17) is 28.4 Å². The van der Waals surface area contributed by atoms with Crippen LogP contribution in [0.15, 0.2) is 24.3 Å². The number of hydrogen-bond donors (Lipinski definition) is 5. The van der Waals surface area contributed by atoms with Crippen molar-refractivity contribution in [1.29, 1.82) is 0 Å². The van der Waals surface area contributed by atoms with Gasteiger partial charge in [0, 0.05) is 5.56 Å². The van der Waals surface area contributed by atoms with E-state index in [0.717, 1.165) is 0 Å². The van der Waals surface area contributed by atoms with Gasteiger partial charge in [0.15, 0.2) is 12.6 Å². The van der Waals surface area contributed by atoms with Crippen LogP contribution in [0.2, 0.25) is 0 Å². The van der Waals surface area contributed by atoms with Crippen LogP contribution in [-0.4, -0.2) is 112 Å². The van der Waals surface area contributed by atoms with Crippen molar-refractivity contribution >= 4 is 11.8 Å². The van der Waals surface area contributed by atoms with Crippen molar-refractivity contribution < 1.29 is 54.0 Å². The molecule has 11 atom stereocenters. The van der Waals surface area contributed by atoms with Crippen molar-refractivity contribution in [2.24, 2.45) is 0 Å². The summed E-state index contributed by atoms with van der Waals surface area (Å²) in [5, 5.41) is 52.2. The second-order valence-electron chi connectivity index (χ2n) is 8.33. The zero-order valence-corrected chi connectivity index (χ0v) is 19.7. The molecule has 4 rings (SSSR count). The Hall–Kier alpha value is -1.03. The first kappa shape index (κ1) is 26.0. The van der Waals surface area contributed by atoms with Crippen molar-refractivity contribution in [1.82, 2.24) is 0 Å². The molecule has 3 heterocycles. The molecule has 11 nitrogen and oxygen atoms in total. The van der Waals surface area contributed by atoms with Gasteiger partial charge in [0.25, 0.3) is 0 Å². The smallest absolute Gasteiger partial charge is 0.187 e. The first-order chi connectivity index (χ1) is 16.4. The fourth-order valence-electron chi connectivity index (χ4n) is 4.30. The third-order valence-corrected chi connectivity index (χ3v) is 7.22. The van der Waals surface area contributed by atoms with Gasteiger partial charge in [-0.15, -0.1) is 11.8 Å². The van der Waals surface area contributed by atoms with E-state index in [-0.39, 0.29) is 6.61 Å². The van der Waals surface area contributed by atoms with E-state index in [1.807, 2.05) is 6.92 Å². The number of fused-ring (bicyclic) bond motifs is 1. The van der Waals surface area contributed by atoms with Crippen molar-refractivity contribution in [3.8, 4) is 5.75 Å². The molecule has 5 unspecified atom stereocenters. The average Bonchev–Trinajstić information content (AvgIpc) is 2.86. The minimum Gasteiger partial charge on any atom is -0.497 e. The summed E-state index contributed by atoms with van der Waals surface area (Å²) in [6, 6.07) is 7.07. The lowest BCUT2D eigenvalue weighted by Gasteiger charge is -2.48. The molecule has 3 aliphatic rings. The molecule has 3 fully saturated rings. The minimum absolute atomic E-state index is 0.0516. The Bertz CT molecular complexity index is 779. The molecule has 12 heteroatoms. The van der Waals surface area contributed by atoms with Gasteiger partial charge >= 0.3 is 0 Å². The summed E-state index contributed by atoms with van der Waals surface area (Å²) < 4.78 is 34.0. The Morgan fingerprint density at radius 2 is 1.71 bits per heavy atom. The number of hydrogen-bond acceptors (Lipinski definition) is 12. The maximum absolute atomic E-state index is 10.8. The summed E-state index contributed by atoms with van der Waals surface area (Å²) in [4.78, 5) is 0. The number of thioether (sulfide) groups is 1. The van der Waals surface area contributed by atoms with Gasteiger partial charge < -0.3 is 54.0 Å². The highest BCUT2D eigenvalue weighted by molar-refractivity contribution is 7.99. The van der Waals surface area contributed by atoms with Gasteiger partial charge in [0.05, 0.1) is 20.3 Å². The second-order valence-corrected chi connectivity index (χ2v) is 9.70. The van der Waals surface area contributed by atoms with Gasteiger partial charge in [-0.25, -0.2) is 0 Å². The van der Waals surface area contributed by atoms with Crippen molar-refractivity contribution in [2.45, 2.75) is 73.8 Å². The number of aliphatic hydroxyl groups is 5. The molecule has 0 spiro atoms. The van der Waals surface area contributed by atoms with Gasteiger partial charge in [0.1, 0.15) is 60.0 Å². The van der Waals surface area contributed by atoms with E-state index in [2.05, 4.69) is 0 Å². The predicted octanol–water partition coefficient (Wildman–Crippen LogP) is -0.867. The lowest BCUT2D eigenvalue weighted by molar-refractivity contribution is -0.377. The molecule has 0 bridgehead atoms. The van der Waals surface area contributed by atoms with Gasteiger partial charge in [-0.3, -0.25) is 0 Å². The first-order valence-corrected chi connectivity index (χ1v) is 12.2. The molecule has 3 aliphatic heterocycles. The lowest BCUT2D eigenvalue weighted by Crippen LogP contribution is -2.65. The molecule has 192 valence electrons. The molecule has 3 saturated heterocycles. The molecule has 1 aromatic carbocycles. The summed E-state index contributed by atoms with van der Waals surface area (Å²) in [6.07, 6.45) is -11.6. The second kappa shape index (κ2) is 11.4. The van der Waals surface area contributed by atoms with Crippen LogP contribution in [0, 0.1) is 0 Å². The maximum atomic E-state index is 10.8. The third kappa shape index (κ3) is 5.22. The van der Waals surface area contributed by atoms with Crippen LogP contribution in [-0.2, 0) is 23.7 Å². The number of ether oxygens (including phenoxy) is 6. The Balaban J connectivity index is 1.42. The molecular weight excluding hydrogens is 472 g/mol. The molecule has 0 radical (unpaired) electrons. The van der Waals surface area contributed by atoms with Crippen LogP contribution in [0.5, 0.6) is 5.75 Å². The predicted molar refractivity (Wildman–Crippen MR) is 118 cm³/mol. The molecule has 0 saturated carbocycles. The van der Waals surface area contributed by atoms with Crippen LogP contribution >= 0.6 is 11.8 Å². The van der Waals surface area contributed by atoms with Gasteiger partial charge in [-0.2, -0.15) is 0 Å². The monoisotopic (exact) mass is 504 g/mol. The highest BCUT2D eigenvalue weighted by Gasteiger charge is 2.52. The standard InChI is InChI=1S/C22H32O11S/c1-3-34-22-17(27)15(25)18(12(8-23)31-22)33-21-16(26)14(24)19-13(30-21)9-29-20(32-19)10-4-6-11(28-2)7-5-10/h4-7,12-27H,3,8-9H2,1-2H3/t12?,13?,14-,15-,16?,17?,18+,19+,20?,21+,22-/m0/s1. The quantitative estimate of drug-likeness (QED) is 0.313.